The molecule has 1 aliphatic heterocycles. The number of H-pyrrole nitrogens is 1. The van der Waals surface area contributed by atoms with Crippen LogP contribution in [0.15, 0.2) is 47.9 Å². The highest BCUT2D eigenvalue weighted by Gasteiger charge is 2.22. The van der Waals surface area contributed by atoms with Gasteiger partial charge in [-0.05, 0) is 36.6 Å². The third-order valence-corrected chi connectivity index (χ3v) is 5.64. The number of nitrogens with one attached hydrogen (secondary N) is 1. The van der Waals surface area contributed by atoms with Crippen LogP contribution in [0.3, 0.4) is 0 Å². The van der Waals surface area contributed by atoms with Crippen molar-refractivity contribution >= 4 is 5.71 Å². The van der Waals surface area contributed by atoms with Gasteiger partial charge in [-0.2, -0.15) is 0 Å². The summed E-state index contributed by atoms with van der Waals surface area (Å²) in [6, 6.07) is 10.3. The summed E-state index contributed by atoms with van der Waals surface area (Å²) in [7, 11) is 0. The Balaban J connectivity index is 1.54. The molecule has 0 bridgehead atoms. The standard InChI is InChI=1S/C22H23N5O2/c28-26-19-4-2-16-13-17(1-3-18(16)19)22-21(15-5-7-23-8-6-15)24-20(25-22)14-27-9-11-29-12-10-27/h1,3,5-8,13,28H,2,4,9-12,14H2,(H,24,25). The van der Waals surface area contributed by atoms with Crippen LogP contribution in [0.1, 0.15) is 23.4 Å². The molecule has 7 heteroatoms. The van der Waals surface area contributed by atoms with E-state index in [-0.39, 0.29) is 0 Å². The number of imidazole rings is 1. The molecule has 3 aromatic rings. The van der Waals surface area contributed by atoms with Gasteiger partial charge >= 0.3 is 0 Å². The molecule has 0 unspecified atom stereocenters. The smallest absolute Gasteiger partial charge is 0.121 e. The van der Waals surface area contributed by atoms with Gasteiger partial charge in [-0.3, -0.25) is 9.88 Å². The Morgan fingerprint density at radius 3 is 2.69 bits per heavy atom. The van der Waals surface area contributed by atoms with Crippen molar-refractivity contribution in [3.05, 3.63) is 59.7 Å². The number of rotatable bonds is 4. The largest absolute Gasteiger partial charge is 0.411 e. The fraction of sp³-hybridized carbons (Fsp3) is 0.318. The van der Waals surface area contributed by atoms with Gasteiger partial charge < -0.3 is 14.9 Å². The van der Waals surface area contributed by atoms with Crippen LogP contribution in [-0.4, -0.2) is 57.1 Å². The first-order valence-corrected chi connectivity index (χ1v) is 9.96. The van der Waals surface area contributed by atoms with Crippen LogP contribution in [-0.2, 0) is 17.7 Å². The molecule has 1 aliphatic carbocycles. The Morgan fingerprint density at radius 2 is 1.90 bits per heavy atom. The minimum Gasteiger partial charge on any atom is -0.411 e. The van der Waals surface area contributed by atoms with Crippen molar-refractivity contribution in [3.8, 4) is 22.5 Å². The summed E-state index contributed by atoms with van der Waals surface area (Å²) in [5, 5.41) is 12.6. The maximum Gasteiger partial charge on any atom is 0.121 e. The molecule has 1 fully saturated rings. The Bertz CT molecular complexity index is 1040. The minimum absolute atomic E-state index is 0.760. The van der Waals surface area contributed by atoms with E-state index < -0.39 is 0 Å². The van der Waals surface area contributed by atoms with Gasteiger partial charge in [0.05, 0.1) is 36.9 Å². The Morgan fingerprint density at radius 1 is 1.07 bits per heavy atom. The third kappa shape index (κ3) is 3.54. The molecule has 0 spiro atoms. The lowest BCUT2D eigenvalue weighted by Gasteiger charge is -2.25. The van der Waals surface area contributed by atoms with Gasteiger partial charge in [0.2, 0.25) is 0 Å². The molecule has 3 heterocycles. The van der Waals surface area contributed by atoms with Crippen molar-refractivity contribution < 1.29 is 9.94 Å². The van der Waals surface area contributed by atoms with E-state index in [1.165, 1.54) is 5.56 Å². The van der Waals surface area contributed by atoms with Gasteiger partial charge in [-0.15, -0.1) is 0 Å². The number of hydrogen-bond donors (Lipinski definition) is 2. The van der Waals surface area contributed by atoms with E-state index in [0.29, 0.717) is 0 Å². The van der Waals surface area contributed by atoms with Crippen molar-refractivity contribution in [2.45, 2.75) is 19.4 Å². The number of fused-ring (bicyclic) bond motifs is 1. The van der Waals surface area contributed by atoms with E-state index >= 15 is 0 Å². The first-order chi connectivity index (χ1) is 14.3. The average molecular weight is 389 g/mol. The molecular formula is C22H23N5O2. The summed E-state index contributed by atoms with van der Waals surface area (Å²) >= 11 is 0. The lowest BCUT2D eigenvalue weighted by molar-refractivity contribution is 0.0332. The number of morpholine rings is 1. The van der Waals surface area contributed by atoms with E-state index in [2.05, 4.69) is 32.2 Å². The Labute approximate surface area is 169 Å². The van der Waals surface area contributed by atoms with Crippen molar-refractivity contribution in [2.75, 3.05) is 26.3 Å². The van der Waals surface area contributed by atoms with E-state index in [0.717, 1.165) is 85.3 Å². The maximum atomic E-state index is 9.20. The number of ether oxygens (including phenoxy) is 1. The number of oxime groups is 1. The van der Waals surface area contributed by atoms with Gasteiger partial charge in [0.25, 0.3) is 0 Å². The normalized spacial score (nSPS) is 18.3. The molecule has 5 rings (SSSR count). The average Bonchev–Trinajstić information content (AvgIpc) is 3.38. The van der Waals surface area contributed by atoms with Crippen molar-refractivity contribution in [1.29, 1.82) is 0 Å². The lowest BCUT2D eigenvalue weighted by Crippen LogP contribution is -2.35. The summed E-state index contributed by atoms with van der Waals surface area (Å²) in [5.74, 6) is 0.951. The van der Waals surface area contributed by atoms with Crippen LogP contribution in [0.2, 0.25) is 0 Å². The minimum atomic E-state index is 0.760. The van der Waals surface area contributed by atoms with Crippen LogP contribution >= 0.6 is 0 Å². The van der Waals surface area contributed by atoms with E-state index in [4.69, 9.17) is 9.72 Å². The van der Waals surface area contributed by atoms with Crippen molar-refractivity contribution in [1.82, 2.24) is 19.9 Å². The van der Waals surface area contributed by atoms with Crippen LogP contribution in [0.5, 0.6) is 0 Å². The van der Waals surface area contributed by atoms with Crippen LogP contribution < -0.4 is 0 Å². The molecule has 1 aromatic carbocycles. The van der Waals surface area contributed by atoms with Crippen LogP contribution in [0, 0.1) is 0 Å². The molecule has 0 saturated carbocycles. The summed E-state index contributed by atoms with van der Waals surface area (Å²) in [6.07, 6.45) is 5.26. The number of nitrogens with zero attached hydrogens (tertiary/aromatic N) is 4. The maximum absolute atomic E-state index is 9.20. The number of aromatic nitrogens is 3. The topological polar surface area (TPSA) is 86.6 Å². The highest BCUT2D eigenvalue weighted by Crippen LogP contribution is 2.33. The van der Waals surface area contributed by atoms with Crippen LogP contribution in [0.25, 0.3) is 22.5 Å². The van der Waals surface area contributed by atoms with E-state index in [1.807, 2.05) is 18.2 Å². The summed E-state index contributed by atoms with van der Waals surface area (Å²) in [6.45, 7) is 4.15. The van der Waals surface area contributed by atoms with Crippen molar-refractivity contribution in [3.63, 3.8) is 0 Å². The third-order valence-electron chi connectivity index (χ3n) is 5.64. The van der Waals surface area contributed by atoms with Gasteiger partial charge in [0, 0.05) is 42.2 Å². The number of aryl methyl sites for hydroxylation is 1. The molecule has 1 saturated heterocycles. The Kier molecular flexibility index (Phi) is 4.83. The summed E-state index contributed by atoms with van der Waals surface area (Å²) in [5.41, 5.74) is 7.07. The molecule has 0 amide bonds. The predicted octanol–water partition coefficient (Wildman–Crippen LogP) is 3.10. The number of hydrogen-bond acceptors (Lipinski definition) is 6. The SMILES string of the molecule is ON=C1CCc2cc(-c3nc(CN4CCOCC4)[nH]c3-c3ccncc3)ccc21. The molecule has 2 N–H and O–H groups in total. The zero-order valence-electron chi connectivity index (χ0n) is 16.1. The van der Waals surface area contributed by atoms with Gasteiger partial charge in [0.15, 0.2) is 0 Å². The summed E-state index contributed by atoms with van der Waals surface area (Å²) in [4.78, 5) is 15.0. The second-order valence-corrected chi connectivity index (χ2v) is 7.45. The number of aromatic amines is 1. The number of benzene rings is 1. The van der Waals surface area contributed by atoms with Gasteiger partial charge in [-0.1, -0.05) is 17.3 Å². The lowest BCUT2D eigenvalue weighted by atomic mass is 10.0. The second-order valence-electron chi connectivity index (χ2n) is 7.45. The molecule has 148 valence electrons. The quantitative estimate of drug-likeness (QED) is 0.529. The van der Waals surface area contributed by atoms with Crippen LogP contribution in [0.4, 0.5) is 0 Å². The molecule has 0 radical (unpaired) electrons. The van der Waals surface area contributed by atoms with Gasteiger partial charge in [-0.25, -0.2) is 4.98 Å². The Hall–Kier alpha value is -3.03. The van der Waals surface area contributed by atoms with E-state index in [1.54, 1.807) is 12.4 Å². The second kappa shape index (κ2) is 7.77. The molecular weight excluding hydrogens is 366 g/mol. The fourth-order valence-corrected chi connectivity index (χ4v) is 4.13. The monoisotopic (exact) mass is 389 g/mol. The molecule has 0 atom stereocenters. The molecule has 29 heavy (non-hydrogen) atoms. The highest BCUT2D eigenvalue weighted by atomic mass is 16.5. The first-order valence-electron chi connectivity index (χ1n) is 9.96. The van der Waals surface area contributed by atoms with E-state index in [9.17, 15) is 5.21 Å². The summed E-state index contributed by atoms with van der Waals surface area (Å²) < 4.78 is 5.46. The zero-order valence-corrected chi connectivity index (χ0v) is 16.1. The molecule has 2 aliphatic rings. The first kappa shape index (κ1) is 18.0. The van der Waals surface area contributed by atoms with Crippen molar-refractivity contribution in [2.24, 2.45) is 5.16 Å². The van der Waals surface area contributed by atoms with Gasteiger partial charge in [0.1, 0.15) is 5.82 Å². The zero-order chi connectivity index (χ0) is 19.6. The molecule has 2 aromatic heterocycles. The molecule has 7 nitrogen and oxygen atoms in total. The predicted molar refractivity (Wildman–Crippen MR) is 110 cm³/mol. The fourth-order valence-electron chi connectivity index (χ4n) is 4.13. The number of pyridine rings is 1. The highest BCUT2D eigenvalue weighted by molar-refractivity contribution is 6.04.